The van der Waals surface area contributed by atoms with Crippen LogP contribution in [0, 0.1) is 23.7 Å². The highest BCUT2D eigenvalue weighted by Gasteiger charge is 2.58. The molecule has 0 spiro atoms. The van der Waals surface area contributed by atoms with Crippen LogP contribution < -0.4 is 0 Å². The number of carbonyl (C=O) groups is 2. The molecule has 2 saturated heterocycles. The van der Waals surface area contributed by atoms with Crippen LogP contribution in [0.3, 0.4) is 0 Å². The summed E-state index contributed by atoms with van der Waals surface area (Å²) in [5.74, 6) is -3.61. The van der Waals surface area contributed by atoms with Crippen molar-refractivity contribution in [3.05, 3.63) is 54.1 Å². The van der Waals surface area contributed by atoms with Gasteiger partial charge < -0.3 is 49.6 Å². The van der Waals surface area contributed by atoms with E-state index in [4.69, 9.17) is 18.9 Å². The first-order chi connectivity index (χ1) is 19.9. The lowest BCUT2D eigenvalue weighted by Crippen LogP contribution is -2.60. The van der Waals surface area contributed by atoms with Crippen LogP contribution in [0.25, 0.3) is 6.08 Å². The molecule has 5 rings (SSSR count). The van der Waals surface area contributed by atoms with Gasteiger partial charge in [0, 0.05) is 17.9 Å². The van der Waals surface area contributed by atoms with Crippen molar-refractivity contribution in [2.45, 2.75) is 68.8 Å². The second kappa shape index (κ2) is 11.8. The average Bonchev–Trinajstić information content (AvgIpc) is 3.39. The Bertz CT molecular complexity index is 1270. The van der Waals surface area contributed by atoms with Crippen LogP contribution in [-0.2, 0) is 28.5 Å². The van der Waals surface area contributed by atoms with E-state index >= 15 is 0 Å². The van der Waals surface area contributed by atoms with Crippen LogP contribution in [-0.4, -0.2) is 98.2 Å². The van der Waals surface area contributed by atoms with Crippen molar-refractivity contribution >= 4 is 18.0 Å². The van der Waals surface area contributed by atoms with Crippen molar-refractivity contribution in [1.82, 2.24) is 0 Å². The van der Waals surface area contributed by atoms with E-state index in [2.05, 4.69) is 13.2 Å². The second-order valence-electron chi connectivity index (χ2n) is 11.5. The largest absolute Gasteiger partial charge is 0.504 e. The number of aliphatic hydroxyl groups is 4. The lowest BCUT2D eigenvalue weighted by molar-refractivity contribution is -0.310. The van der Waals surface area contributed by atoms with E-state index in [9.17, 15) is 40.2 Å². The van der Waals surface area contributed by atoms with E-state index in [1.165, 1.54) is 24.3 Å². The molecule has 6 N–H and O–H groups in total. The molecule has 4 aliphatic rings. The van der Waals surface area contributed by atoms with Crippen molar-refractivity contribution < 1.29 is 59.2 Å². The van der Waals surface area contributed by atoms with Crippen LogP contribution in [0.15, 0.2) is 48.6 Å². The summed E-state index contributed by atoms with van der Waals surface area (Å²) in [5.41, 5.74) is 1.70. The van der Waals surface area contributed by atoms with Gasteiger partial charge in [-0.1, -0.05) is 31.7 Å². The first-order valence-corrected chi connectivity index (χ1v) is 13.8. The topological polar surface area (TPSA) is 192 Å². The van der Waals surface area contributed by atoms with Crippen molar-refractivity contribution in [1.29, 1.82) is 0 Å². The smallest absolute Gasteiger partial charge is 0.331 e. The van der Waals surface area contributed by atoms with E-state index in [-0.39, 0.29) is 23.8 Å². The molecule has 228 valence electrons. The Morgan fingerprint density at radius 3 is 2.57 bits per heavy atom. The van der Waals surface area contributed by atoms with Crippen molar-refractivity contribution in [3.8, 4) is 11.5 Å². The zero-order valence-corrected chi connectivity index (χ0v) is 23.0. The highest BCUT2D eigenvalue weighted by molar-refractivity contribution is 5.87. The number of fused-ring (bicyclic) bond motifs is 3. The molecule has 0 radical (unpaired) electrons. The highest BCUT2D eigenvalue weighted by atomic mass is 16.7. The minimum Gasteiger partial charge on any atom is -0.504 e. The summed E-state index contributed by atoms with van der Waals surface area (Å²) in [6.07, 6.45) is -6.61. The zero-order valence-electron chi connectivity index (χ0n) is 23.0. The molecule has 42 heavy (non-hydrogen) atoms. The van der Waals surface area contributed by atoms with Gasteiger partial charge in [0.25, 0.3) is 0 Å². The molecule has 12 heteroatoms. The van der Waals surface area contributed by atoms with Crippen LogP contribution in [0.5, 0.6) is 11.5 Å². The normalized spacial score (nSPS) is 40.0. The molecule has 0 bridgehead atoms. The molecule has 2 heterocycles. The minimum absolute atomic E-state index is 0.233. The Hall–Kier alpha value is -3.26. The van der Waals surface area contributed by atoms with Gasteiger partial charge in [0.15, 0.2) is 23.9 Å². The Labute approximate surface area is 242 Å². The second-order valence-corrected chi connectivity index (χ2v) is 11.5. The Morgan fingerprint density at radius 2 is 1.88 bits per heavy atom. The number of carbonyl (C=O) groups excluding carboxylic acids is 2. The molecular weight excluding hydrogens is 552 g/mol. The fourth-order valence-electron chi connectivity index (χ4n) is 6.62. The number of hydrogen-bond donors (Lipinski definition) is 6. The molecule has 2 aliphatic carbocycles. The molecular formula is C30H36O12. The number of rotatable bonds is 6. The predicted octanol–water partition coefficient (Wildman–Crippen LogP) is 0.538. The molecule has 1 aromatic carbocycles. The minimum atomic E-state index is -1.68. The lowest BCUT2D eigenvalue weighted by Gasteiger charge is -2.42. The third kappa shape index (κ3) is 5.46. The van der Waals surface area contributed by atoms with Crippen LogP contribution in [0.4, 0.5) is 0 Å². The number of phenols is 2. The van der Waals surface area contributed by atoms with Gasteiger partial charge in [-0.3, -0.25) is 4.79 Å². The molecule has 0 unspecified atom stereocenters. The summed E-state index contributed by atoms with van der Waals surface area (Å²) in [6.45, 7) is 9.47. The van der Waals surface area contributed by atoms with Gasteiger partial charge in [0.05, 0.1) is 24.7 Å². The molecule has 12 atom stereocenters. The Morgan fingerprint density at radius 1 is 1.14 bits per heavy atom. The van der Waals surface area contributed by atoms with E-state index in [0.717, 1.165) is 11.6 Å². The monoisotopic (exact) mass is 588 g/mol. The standard InChI is InChI=1S/C30H36O12/c1-12-8-19(34)24-14(3)29(38)42-27(24)23-13(2)20(10-16(12)23)39-30-28(26(37)25(36)21(11-31)40-30)41-22(35)7-5-15-4-6-17(32)18(33)9-15/h4-7,9,14,16,19-21,23-28,30-34,36-37H,1-2,8,10-11H2,3H3/b7-5+/t14-,16+,19+,20+,21-,23+,24-,25-,26+,27-,28-,30-/m1/s1. The molecule has 4 fully saturated rings. The van der Waals surface area contributed by atoms with E-state index in [0.29, 0.717) is 17.6 Å². The van der Waals surface area contributed by atoms with Gasteiger partial charge in [-0.25, -0.2) is 4.79 Å². The van der Waals surface area contributed by atoms with Crippen molar-refractivity contribution in [2.75, 3.05) is 6.61 Å². The number of esters is 2. The molecule has 2 saturated carbocycles. The molecule has 2 aliphatic heterocycles. The van der Waals surface area contributed by atoms with Crippen LogP contribution in [0.2, 0.25) is 0 Å². The average molecular weight is 589 g/mol. The van der Waals surface area contributed by atoms with Gasteiger partial charge in [-0.05, 0) is 48.1 Å². The van der Waals surface area contributed by atoms with Gasteiger partial charge in [-0.15, -0.1) is 0 Å². The predicted molar refractivity (Wildman–Crippen MR) is 144 cm³/mol. The fraction of sp³-hybridized carbons (Fsp3) is 0.533. The van der Waals surface area contributed by atoms with Gasteiger partial charge >= 0.3 is 11.9 Å². The summed E-state index contributed by atoms with van der Waals surface area (Å²) in [7, 11) is 0. The first kappa shape index (κ1) is 30.2. The molecule has 0 aromatic heterocycles. The Kier molecular flexibility index (Phi) is 8.48. The number of aromatic hydroxyl groups is 2. The quantitative estimate of drug-likeness (QED) is 0.117. The van der Waals surface area contributed by atoms with Gasteiger partial charge in [-0.2, -0.15) is 0 Å². The van der Waals surface area contributed by atoms with Crippen LogP contribution in [0.1, 0.15) is 25.3 Å². The summed E-state index contributed by atoms with van der Waals surface area (Å²) in [6, 6.07) is 3.92. The maximum Gasteiger partial charge on any atom is 0.331 e. The van der Waals surface area contributed by atoms with E-state index in [1.54, 1.807) is 6.92 Å². The zero-order chi connectivity index (χ0) is 30.5. The number of benzene rings is 1. The SMILES string of the molecule is C=C1[C@@H]2[C@H]3OC(=O)[C@H](C)[C@@H]3[C@@H](O)CC(=C)[C@@H]2C[C@@H]1O[C@@H]1O[C@H](CO)[C@@H](O)[C@H](O)[C@H]1OC(=O)/C=C/c1ccc(O)c(O)c1. The van der Waals surface area contributed by atoms with Crippen molar-refractivity contribution in [2.24, 2.45) is 23.7 Å². The first-order valence-electron chi connectivity index (χ1n) is 13.8. The maximum atomic E-state index is 12.7. The van der Waals surface area contributed by atoms with Crippen molar-refractivity contribution in [3.63, 3.8) is 0 Å². The van der Waals surface area contributed by atoms with E-state index in [1.807, 2.05) is 0 Å². The number of phenolic OH excluding ortho intramolecular Hbond substituents is 2. The van der Waals surface area contributed by atoms with Gasteiger partial charge in [0.1, 0.15) is 24.4 Å². The molecule has 1 aromatic rings. The third-order valence-corrected chi connectivity index (χ3v) is 8.90. The number of ether oxygens (including phenoxy) is 4. The number of hydrogen-bond acceptors (Lipinski definition) is 12. The third-order valence-electron chi connectivity index (χ3n) is 8.90. The summed E-state index contributed by atoms with van der Waals surface area (Å²) in [4.78, 5) is 25.2. The molecule has 0 amide bonds. The Balaban J connectivity index is 1.35. The summed E-state index contributed by atoms with van der Waals surface area (Å²) < 4.78 is 23.1. The van der Waals surface area contributed by atoms with Gasteiger partial charge in [0.2, 0.25) is 0 Å². The fourth-order valence-corrected chi connectivity index (χ4v) is 6.62. The number of aliphatic hydroxyl groups excluding tert-OH is 4. The maximum absolute atomic E-state index is 12.7. The van der Waals surface area contributed by atoms with Crippen LogP contribution >= 0.6 is 0 Å². The molecule has 12 nitrogen and oxygen atoms in total. The summed E-state index contributed by atoms with van der Waals surface area (Å²) >= 11 is 0. The lowest BCUT2D eigenvalue weighted by atomic mass is 9.79. The highest BCUT2D eigenvalue weighted by Crippen LogP contribution is 2.53. The summed E-state index contributed by atoms with van der Waals surface area (Å²) in [5, 5.41) is 61.0. The van der Waals surface area contributed by atoms with E-state index < -0.39 is 85.3 Å².